The molecule has 0 aromatic rings. The van der Waals surface area contributed by atoms with Crippen LogP contribution in [0.2, 0.25) is 0 Å². The third-order valence-electron chi connectivity index (χ3n) is 1.13. The highest BCUT2D eigenvalue weighted by atomic mass is 16.2. The summed E-state index contributed by atoms with van der Waals surface area (Å²) in [5, 5.41) is 0. The van der Waals surface area contributed by atoms with E-state index in [4.69, 9.17) is 0 Å². The van der Waals surface area contributed by atoms with E-state index >= 15 is 0 Å². The minimum atomic E-state index is 0.0926. The number of nitrogens with zero attached hydrogens (tertiary/aromatic N) is 1. The zero-order valence-corrected chi connectivity index (χ0v) is 7.77. The summed E-state index contributed by atoms with van der Waals surface area (Å²) in [7, 11) is 3.45. The van der Waals surface area contributed by atoms with Crippen molar-refractivity contribution >= 4 is 5.91 Å². The summed E-state index contributed by atoms with van der Waals surface area (Å²) in [5.41, 5.74) is 0. The Morgan fingerprint density at radius 1 is 1.20 bits per heavy atom. The molecule has 0 bridgehead atoms. The standard InChI is InChI=1S/C4H9NO.C4H10/c1-4(6)5(2)3;1-3-4-2/h1-3H3;3-4H2,1-2H3. The van der Waals surface area contributed by atoms with Crippen LogP contribution in [0.25, 0.3) is 0 Å². The quantitative estimate of drug-likeness (QED) is 0.552. The first kappa shape index (κ1) is 12.2. The number of carbonyl (C=O) groups is 1. The van der Waals surface area contributed by atoms with Gasteiger partial charge in [0, 0.05) is 21.0 Å². The van der Waals surface area contributed by atoms with Gasteiger partial charge in [-0.2, -0.15) is 0 Å². The van der Waals surface area contributed by atoms with Gasteiger partial charge in [0.1, 0.15) is 0 Å². The lowest BCUT2D eigenvalue weighted by atomic mass is 10.4. The van der Waals surface area contributed by atoms with Crippen LogP contribution in [0.3, 0.4) is 0 Å². The number of rotatable bonds is 1. The highest BCUT2D eigenvalue weighted by molar-refractivity contribution is 5.72. The molecule has 0 saturated heterocycles. The Hall–Kier alpha value is -0.530. The molecule has 0 aromatic heterocycles. The zero-order chi connectivity index (χ0) is 8.57. The molecule has 0 aliphatic heterocycles. The monoisotopic (exact) mass is 145 g/mol. The van der Waals surface area contributed by atoms with E-state index < -0.39 is 0 Å². The average Bonchev–Trinajstić information content (AvgIpc) is 1.89. The summed E-state index contributed by atoms with van der Waals surface area (Å²) in [6.45, 7) is 5.89. The van der Waals surface area contributed by atoms with Crippen LogP contribution < -0.4 is 0 Å². The number of unbranched alkanes of at least 4 members (excludes halogenated alkanes) is 1. The number of hydrogen-bond donors (Lipinski definition) is 0. The van der Waals surface area contributed by atoms with E-state index in [9.17, 15) is 4.79 Å². The third-order valence-corrected chi connectivity index (χ3v) is 1.13. The Morgan fingerprint density at radius 3 is 1.40 bits per heavy atom. The Morgan fingerprint density at radius 2 is 1.40 bits per heavy atom. The van der Waals surface area contributed by atoms with Gasteiger partial charge in [-0.3, -0.25) is 4.79 Å². The van der Waals surface area contributed by atoms with E-state index in [1.54, 1.807) is 14.1 Å². The first-order chi connectivity index (χ1) is 4.56. The van der Waals surface area contributed by atoms with Crippen molar-refractivity contribution in [3.05, 3.63) is 0 Å². The van der Waals surface area contributed by atoms with Crippen molar-refractivity contribution in [1.82, 2.24) is 4.90 Å². The summed E-state index contributed by atoms with van der Waals surface area (Å²) in [4.78, 5) is 11.6. The molecule has 0 spiro atoms. The smallest absolute Gasteiger partial charge is 0.218 e. The van der Waals surface area contributed by atoms with Crippen molar-refractivity contribution in [3.63, 3.8) is 0 Å². The van der Waals surface area contributed by atoms with Gasteiger partial charge < -0.3 is 4.90 Å². The molecule has 0 unspecified atom stereocenters. The first-order valence-corrected chi connectivity index (χ1v) is 3.74. The molecule has 0 saturated carbocycles. The van der Waals surface area contributed by atoms with Gasteiger partial charge in [-0.25, -0.2) is 0 Å². The molecular weight excluding hydrogens is 126 g/mol. The number of hydrogen-bond acceptors (Lipinski definition) is 1. The molecule has 0 heterocycles. The molecule has 0 N–H and O–H groups in total. The number of carbonyl (C=O) groups excluding carboxylic acids is 1. The largest absolute Gasteiger partial charge is 0.349 e. The van der Waals surface area contributed by atoms with Gasteiger partial charge in [0.15, 0.2) is 0 Å². The molecule has 10 heavy (non-hydrogen) atoms. The van der Waals surface area contributed by atoms with Crippen LogP contribution >= 0.6 is 0 Å². The van der Waals surface area contributed by atoms with E-state index in [-0.39, 0.29) is 5.91 Å². The zero-order valence-electron chi connectivity index (χ0n) is 7.77. The molecule has 0 rings (SSSR count). The predicted octanol–water partition coefficient (Wildman–Crippen LogP) is 1.90. The summed E-state index contributed by atoms with van der Waals surface area (Å²) in [6.07, 6.45) is 2.64. The van der Waals surface area contributed by atoms with Crippen molar-refractivity contribution in [1.29, 1.82) is 0 Å². The van der Waals surface area contributed by atoms with Crippen LogP contribution in [0.15, 0.2) is 0 Å². The van der Waals surface area contributed by atoms with Crippen molar-refractivity contribution in [2.75, 3.05) is 14.1 Å². The molecular formula is C8H19NO. The topological polar surface area (TPSA) is 20.3 Å². The van der Waals surface area contributed by atoms with Gasteiger partial charge in [0.05, 0.1) is 0 Å². The molecule has 2 nitrogen and oxygen atoms in total. The van der Waals surface area contributed by atoms with E-state index in [2.05, 4.69) is 13.8 Å². The summed E-state index contributed by atoms with van der Waals surface area (Å²) in [6, 6.07) is 0. The van der Waals surface area contributed by atoms with Gasteiger partial charge in [-0.1, -0.05) is 26.7 Å². The molecule has 1 amide bonds. The maximum atomic E-state index is 10.1. The van der Waals surface area contributed by atoms with Crippen molar-refractivity contribution in [2.45, 2.75) is 33.6 Å². The normalized spacial score (nSPS) is 7.70. The second kappa shape index (κ2) is 8.47. The molecule has 0 fully saturated rings. The maximum absolute atomic E-state index is 10.1. The highest BCUT2D eigenvalue weighted by Crippen LogP contribution is 1.76. The van der Waals surface area contributed by atoms with Gasteiger partial charge in [-0.15, -0.1) is 0 Å². The fraction of sp³-hybridized carbons (Fsp3) is 0.875. The second-order valence-corrected chi connectivity index (χ2v) is 2.41. The summed E-state index contributed by atoms with van der Waals surface area (Å²) >= 11 is 0. The van der Waals surface area contributed by atoms with Crippen LogP contribution in [0.5, 0.6) is 0 Å². The van der Waals surface area contributed by atoms with Crippen molar-refractivity contribution in [3.8, 4) is 0 Å². The summed E-state index contributed by atoms with van der Waals surface area (Å²) < 4.78 is 0. The third kappa shape index (κ3) is 15.6. The van der Waals surface area contributed by atoms with Crippen LogP contribution in [0.1, 0.15) is 33.6 Å². The average molecular weight is 145 g/mol. The van der Waals surface area contributed by atoms with Gasteiger partial charge in [-0.05, 0) is 0 Å². The fourth-order valence-electron chi connectivity index (χ4n) is 0. The minimum Gasteiger partial charge on any atom is -0.349 e. The number of amides is 1. The Balaban J connectivity index is 0. The first-order valence-electron chi connectivity index (χ1n) is 3.74. The van der Waals surface area contributed by atoms with Crippen LogP contribution in [-0.2, 0) is 4.79 Å². The molecule has 0 aromatic carbocycles. The fourth-order valence-corrected chi connectivity index (χ4v) is 0. The minimum absolute atomic E-state index is 0.0926. The predicted molar refractivity (Wildman–Crippen MR) is 45.0 cm³/mol. The lowest BCUT2D eigenvalue weighted by Crippen LogP contribution is -2.17. The Kier molecular flexibility index (Phi) is 10.3. The summed E-state index contributed by atoms with van der Waals surface area (Å²) in [5.74, 6) is 0.0926. The van der Waals surface area contributed by atoms with E-state index in [1.807, 2.05) is 0 Å². The van der Waals surface area contributed by atoms with E-state index in [0.29, 0.717) is 0 Å². The molecule has 0 atom stereocenters. The SMILES string of the molecule is CC(=O)N(C)C.CCCC. The highest BCUT2D eigenvalue weighted by Gasteiger charge is 1.87. The Bertz CT molecular complexity index is 77.3. The lowest BCUT2D eigenvalue weighted by Gasteiger charge is -2.02. The Labute approximate surface area is 64.2 Å². The van der Waals surface area contributed by atoms with Crippen molar-refractivity contribution < 1.29 is 4.79 Å². The molecule has 62 valence electrons. The maximum Gasteiger partial charge on any atom is 0.218 e. The van der Waals surface area contributed by atoms with Crippen molar-refractivity contribution in [2.24, 2.45) is 0 Å². The van der Waals surface area contributed by atoms with Gasteiger partial charge in [0.2, 0.25) is 5.91 Å². The lowest BCUT2D eigenvalue weighted by molar-refractivity contribution is -0.126. The molecule has 0 radical (unpaired) electrons. The molecule has 2 heteroatoms. The van der Waals surface area contributed by atoms with E-state index in [1.165, 1.54) is 24.7 Å². The van der Waals surface area contributed by atoms with Crippen LogP contribution in [0.4, 0.5) is 0 Å². The molecule has 0 aliphatic rings. The van der Waals surface area contributed by atoms with E-state index in [0.717, 1.165) is 0 Å². The van der Waals surface area contributed by atoms with Crippen LogP contribution in [0, 0.1) is 0 Å². The van der Waals surface area contributed by atoms with Gasteiger partial charge in [0.25, 0.3) is 0 Å². The van der Waals surface area contributed by atoms with Gasteiger partial charge >= 0.3 is 0 Å². The second-order valence-electron chi connectivity index (χ2n) is 2.41. The molecule has 0 aliphatic carbocycles. The van der Waals surface area contributed by atoms with Crippen LogP contribution in [-0.4, -0.2) is 24.9 Å².